The fourth-order valence-corrected chi connectivity index (χ4v) is 5.52. The lowest BCUT2D eigenvalue weighted by atomic mass is 10.0. The molecule has 0 spiro atoms. The number of pyridine rings is 1. The lowest BCUT2D eigenvalue weighted by molar-refractivity contribution is 0.102. The van der Waals surface area contributed by atoms with Crippen LogP contribution in [-0.4, -0.2) is 43.2 Å². The van der Waals surface area contributed by atoms with Gasteiger partial charge in [0.25, 0.3) is 5.91 Å². The van der Waals surface area contributed by atoms with Crippen LogP contribution in [0.2, 0.25) is 0 Å². The molecule has 4 aromatic rings. The molecule has 0 saturated carbocycles. The summed E-state index contributed by atoms with van der Waals surface area (Å²) in [6, 6.07) is 15.0. The van der Waals surface area contributed by atoms with Gasteiger partial charge in [0.05, 0.1) is 28.4 Å². The van der Waals surface area contributed by atoms with Gasteiger partial charge < -0.3 is 14.8 Å². The molecule has 1 aliphatic heterocycles. The maximum absolute atomic E-state index is 15.0. The first-order chi connectivity index (χ1) is 18.6. The average Bonchev–Trinajstić information content (AvgIpc) is 3.53. The molecule has 10 heteroatoms. The predicted octanol–water partition coefficient (Wildman–Crippen LogP) is 5.44. The molecule has 7 nitrogen and oxygen atoms in total. The van der Waals surface area contributed by atoms with Crippen LogP contribution in [-0.2, 0) is 16.4 Å². The molecule has 3 heterocycles. The van der Waals surface area contributed by atoms with Gasteiger partial charge in [0.1, 0.15) is 17.5 Å². The van der Waals surface area contributed by atoms with Gasteiger partial charge in [0.15, 0.2) is 9.84 Å². The van der Waals surface area contributed by atoms with Gasteiger partial charge in [0, 0.05) is 42.9 Å². The van der Waals surface area contributed by atoms with Crippen LogP contribution in [0.4, 0.5) is 20.3 Å². The molecule has 39 heavy (non-hydrogen) atoms. The number of nitrogens with one attached hydrogen (secondary N) is 1. The molecule has 1 aliphatic rings. The third kappa shape index (κ3) is 5.70. The maximum atomic E-state index is 15.0. The molecule has 1 N–H and O–H groups in total. The summed E-state index contributed by atoms with van der Waals surface area (Å²) in [6.07, 6.45) is 4.98. The highest BCUT2D eigenvalue weighted by Gasteiger charge is 2.23. The molecule has 1 saturated heterocycles. The van der Waals surface area contributed by atoms with E-state index in [1.807, 2.05) is 18.2 Å². The standard InChI is InChI=1S/C29H28F2N4O3S/c1-19-25(29(36)33-21-9-11-23(12-10-21)39(2,37)38)18-35(28(19)24-13-8-20(30)16-26(24)31)17-22-6-5-7-27(32-22)34-14-3-4-15-34/h5-13,16,18H,3-4,14-15,17H2,1-2H3,(H,33,36). The molecule has 202 valence electrons. The number of benzene rings is 2. The highest BCUT2D eigenvalue weighted by molar-refractivity contribution is 7.90. The summed E-state index contributed by atoms with van der Waals surface area (Å²) < 4.78 is 53.9. The van der Waals surface area contributed by atoms with Crippen LogP contribution in [0.1, 0.15) is 34.5 Å². The van der Waals surface area contributed by atoms with E-state index in [2.05, 4.69) is 10.2 Å². The van der Waals surface area contributed by atoms with Crippen molar-refractivity contribution in [1.82, 2.24) is 9.55 Å². The number of carbonyl (C=O) groups excluding carboxylic acids is 1. The summed E-state index contributed by atoms with van der Waals surface area (Å²) >= 11 is 0. The van der Waals surface area contributed by atoms with Gasteiger partial charge in [-0.15, -0.1) is 0 Å². The van der Waals surface area contributed by atoms with Crippen LogP contribution in [0.25, 0.3) is 11.3 Å². The van der Waals surface area contributed by atoms with Crippen LogP contribution in [0.15, 0.2) is 71.8 Å². The van der Waals surface area contributed by atoms with Crippen LogP contribution < -0.4 is 10.2 Å². The molecule has 0 atom stereocenters. The van der Waals surface area contributed by atoms with Crippen LogP contribution in [0.5, 0.6) is 0 Å². The van der Waals surface area contributed by atoms with E-state index < -0.39 is 27.4 Å². The number of anilines is 2. The van der Waals surface area contributed by atoms with E-state index in [9.17, 15) is 22.0 Å². The second-order valence-electron chi connectivity index (χ2n) is 9.70. The minimum Gasteiger partial charge on any atom is -0.357 e. The Kier molecular flexibility index (Phi) is 7.22. The highest BCUT2D eigenvalue weighted by Crippen LogP contribution is 2.32. The Balaban J connectivity index is 1.51. The van der Waals surface area contributed by atoms with E-state index in [1.54, 1.807) is 17.7 Å². The fourth-order valence-electron chi connectivity index (χ4n) is 4.89. The van der Waals surface area contributed by atoms with Crippen molar-refractivity contribution < 1.29 is 22.0 Å². The van der Waals surface area contributed by atoms with Crippen LogP contribution >= 0.6 is 0 Å². The summed E-state index contributed by atoms with van der Waals surface area (Å²) in [7, 11) is -3.37. The highest BCUT2D eigenvalue weighted by atomic mass is 32.2. The summed E-state index contributed by atoms with van der Waals surface area (Å²) in [4.78, 5) is 20.5. The first kappa shape index (κ1) is 26.6. The molecular weight excluding hydrogens is 522 g/mol. The smallest absolute Gasteiger partial charge is 0.257 e. The lowest BCUT2D eigenvalue weighted by Gasteiger charge is -2.17. The number of hydrogen-bond acceptors (Lipinski definition) is 5. The molecule has 2 aromatic carbocycles. The third-order valence-electron chi connectivity index (χ3n) is 6.86. The van der Waals surface area contributed by atoms with E-state index in [0.29, 0.717) is 22.5 Å². The Morgan fingerprint density at radius 2 is 1.74 bits per heavy atom. The van der Waals surface area contributed by atoms with Gasteiger partial charge in [-0.3, -0.25) is 4.79 Å². The first-order valence-corrected chi connectivity index (χ1v) is 14.5. The number of sulfone groups is 1. The number of amides is 1. The van der Waals surface area contributed by atoms with Crippen molar-refractivity contribution in [1.29, 1.82) is 0 Å². The summed E-state index contributed by atoms with van der Waals surface area (Å²) in [5.41, 5.74) is 2.58. The summed E-state index contributed by atoms with van der Waals surface area (Å²) in [5, 5.41) is 2.78. The van der Waals surface area contributed by atoms with E-state index >= 15 is 0 Å². The van der Waals surface area contributed by atoms with E-state index in [-0.39, 0.29) is 17.0 Å². The summed E-state index contributed by atoms with van der Waals surface area (Å²) in [5.74, 6) is -0.998. The lowest BCUT2D eigenvalue weighted by Crippen LogP contribution is -2.19. The van der Waals surface area contributed by atoms with E-state index in [1.165, 1.54) is 36.4 Å². The Bertz CT molecular complexity index is 1640. The Hall–Kier alpha value is -4.05. The van der Waals surface area contributed by atoms with E-state index in [4.69, 9.17) is 4.98 Å². The molecule has 0 unspecified atom stereocenters. The van der Waals surface area contributed by atoms with Gasteiger partial charge in [-0.05, 0) is 73.9 Å². The van der Waals surface area contributed by atoms with Gasteiger partial charge in [0.2, 0.25) is 0 Å². The largest absolute Gasteiger partial charge is 0.357 e. The molecule has 1 amide bonds. The molecule has 1 fully saturated rings. The SMILES string of the molecule is Cc1c(C(=O)Nc2ccc(S(C)(=O)=O)cc2)cn(Cc2cccc(N3CCCC3)n2)c1-c1ccc(F)cc1F. The van der Waals surface area contributed by atoms with Crippen molar-refractivity contribution in [2.45, 2.75) is 31.2 Å². The van der Waals surface area contributed by atoms with Crippen molar-refractivity contribution in [3.05, 3.63) is 95.3 Å². The second kappa shape index (κ2) is 10.6. The minimum atomic E-state index is -3.37. The Morgan fingerprint density at radius 1 is 1.03 bits per heavy atom. The van der Waals surface area contributed by atoms with Crippen molar-refractivity contribution in [2.24, 2.45) is 0 Å². The van der Waals surface area contributed by atoms with Crippen LogP contribution in [0.3, 0.4) is 0 Å². The van der Waals surface area contributed by atoms with Gasteiger partial charge in [-0.1, -0.05) is 6.07 Å². The average molecular weight is 551 g/mol. The van der Waals surface area contributed by atoms with E-state index in [0.717, 1.165) is 49.8 Å². The van der Waals surface area contributed by atoms with Gasteiger partial charge in [-0.25, -0.2) is 22.2 Å². The number of rotatable bonds is 7. The maximum Gasteiger partial charge on any atom is 0.257 e. The molecule has 5 rings (SSSR count). The predicted molar refractivity (Wildman–Crippen MR) is 147 cm³/mol. The first-order valence-electron chi connectivity index (χ1n) is 12.6. The summed E-state index contributed by atoms with van der Waals surface area (Å²) in [6.45, 7) is 3.87. The van der Waals surface area contributed by atoms with Crippen molar-refractivity contribution in [3.8, 4) is 11.3 Å². The third-order valence-corrected chi connectivity index (χ3v) is 7.99. The van der Waals surface area contributed by atoms with Crippen molar-refractivity contribution in [2.75, 3.05) is 29.6 Å². The van der Waals surface area contributed by atoms with Crippen LogP contribution in [0, 0.1) is 18.6 Å². The van der Waals surface area contributed by atoms with Gasteiger partial charge in [-0.2, -0.15) is 0 Å². The number of nitrogens with zero attached hydrogens (tertiary/aromatic N) is 3. The van der Waals surface area contributed by atoms with Crippen molar-refractivity contribution >= 4 is 27.2 Å². The quantitative estimate of drug-likeness (QED) is 0.331. The molecule has 0 aliphatic carbocycles. The number of carbonyl (C=O) groups is 1. The zero-order valence-electron chi connectivity index (χ0n) is 21.6. The second-order valence-corrected chi connectivity index (χ2v) is 11.7. The van der Waals surface area contributed by atoms with Gasteiger partial charge >= 0.3 is 0 Å². The molecule has 0 bridgehead atoms. The minimum absolute atomic E-state index is 0.139. The zero-order chi connectivity index (χ0) is 27.7. The number of hydrogen-bond donors (Lipinski definition) is 1. The monoisotopic (exact) mass is 550 g/mol. The molecular formula is C29H28F2N4O3S. The number of aromatic nitrogens is 2. The fraction of sp³-hybridized carbons (Fsp3) is 0.241. The molecule has 2 aromatic heterocycles. The molecule has 0 radical (unpaired) electrons. The Labute approximate surface area is 226 Å². The Morgan fingerprint density at radius 3 is 2.41 bits per heavy atom. The van der Waals surface area contributed by atoms with Crippen molar-refractivity contribution in [3.63, 3.8) is 0 Å². The number of halogens is 2. The zero-order valence-corrected chi connectivity index (χ0v) is 22.4. The topological polar surface area (TPSA) is 84.3 Å². The normalized spacial score (nSPS) is 13.6.